The maximum atomic E-state index is 11.8. The monoisotopic (exact) mass is 256 g/mol. The average Bonchev–Trinajstić information content (AvgIpc) is 2.77. The summed E-state index contributed by atoms with van der Waals surface area (Å²) in [7, 11) is 0. The number of carbonyl (C=O) groups is 1. The fourth-order valence-corrected chi connectivity index (χ4v) is 2.50. The highest BCUT2D eigenvalue weighted by Gasteiger charge is 2.20. The molecule has 4 nitrogen and oxygen atoms in total. The first-order valence-corrected chi connectivity index (χ1v) is 6.62. The molecule has 2 aromatic rings. The topological polar surface area (TPSA) is 44.1 Å². The van der Waals surface area contributed by atoms with E-state index in [2.05, 4.69) is 21.7 Å². The molecule has 0 atom stereocenters. The second-order valence-electron chi connectivity index (χ2n) is 4.62. The van der Waals surface area contributed by atoms with Gasteiger partial charge in [0.25, 0.3) is 0 Å². The molecule has 2 heterocycles. The van der Waals surface area contributed by atoms with Gasteiger partial charge in [-0.2, -0.15) is 0 Å². The predicted octanol–water partition coefficient (Wildman–Crippen LogP) is 2.67. The van der Waals surface area contributed by atoms with Crippen molar-refractivity contribution >= 4 is 5.97 Å². The molecule has 1 aliphatic rings. The van der Waals surface area contributed by atoms with Crippen molar-refractivity contribution in [3.63, 3.8) is 0 Å². The molecule has 0 amide bonds. The molecule has 1 aromatic heterocycles. The predicted molar refractivity (Wildman–Crippen MR) is 71.9 cm³/mol. The molecule has 19 heavy (non-hydrogen) atoms. The quantitative estimate of drug-likeness (QED) is 0.776. The molecule has 0 N–H and O–H groups in total. The molecular weight excluding hydrogens is 240 g/mol. The van der Waals surface area contributed by atoms with Crippen LogP contribution in [0.2, 0.25) is 0 Å². The second-order valence-corrected chi connectivity index (χ2v) is 4.62. The number of carbonyl (C=O) groups excluding carboxylic acids is 1. The summed E-state index contributed by atoms with van der Waals surface area (Å²) < 4.78 is 7.06. The van der Waals surface area contributed by atoms with Crippen molar-refractivity contribution in [3.05, 3.63) is 41.7 Å². The van der Waals surface area contributed by atoms with E-state index in [-0.39, 0.29) is 5.97 Å². The maximum absolute atomic E-state index is 11.8. The zero-order valence-corrected chi connectivity index (χ0v) is 10.9. The summed E-state index contributed by atoms with van der Waals surface area (Å²) in [5.74, 6) is 0.525. The molecule has 0 radical (unpaired) electrons. The smallest absolute Gasteiger partial charge is 0.358 e. The number of aromatic nitrogens is 2. The van der Waals surface area contributed by atoms with Crippen LogP contribution in [0.15, 0.2) is 30.5 Å². The van der Waals surface area contributed by atoms with Crippen molar-refractivity contribution in [2.45, 2.75) is 26.3 Å². The highest BCUT2D eigenvalue weighted by molar-refractivity contribution is 5.88. The Hall–Kier alpha value is -2.10. The van der Waals surface area contributed by atoms with E-state index < -0.39 is 0 Å². The first-order chi connectivity index (χ1) is 9.29. The summed E-state index contributed by atoms with van der Waals surface area (Å²) in [6.45, 7) is 3.06. The van der Waals surface area contributed by atoms with Crippen LogP contribution in [0.5, 0.6) is 0 Å². The summed E-state index contributed by atoms with van der Waals surface area (Å²) in [6.07, 6.45) is 3.91. The lowest BCUT2D eigenvalue weighted by Crippen LogP contribution is -2.05. The molecule has 1 aromatic carbocycles. The van der Waals surface area contributed by atoms with E-state index >= 15 is 0 Å². The van der Waals surface area contributed by atoms with E-state index in [4.69, 9.17) is 4.74 Å². The first-order valence-electron chi connectivity index (χ1n) is 6.62. The molecule has 0 aliphatic carbocycles. The minimum Gasteiger partial charge on any atom is -0.461 e. The van der Waals surface area contributed by atoms with Crippen molar-refractivity contribution in [2.24, 2.45) is 0 Å². The van der Waals surface area contributed by atoms with Crippen LogP contribution >= 0.6 is 0 Å². The van der Waals surface area contributed by atoms with Gasteiger partial charge in [-0.25, -0.2) is 9.78 Å². The Balaban J connectivity index is 2.06. The molecule has 4 heteroatoms. The van der Waals surface area contributed by atoms with Crippen molar-refractivity contribution in [2.75, 3.05) is 6.61 Å². The van der Waals surface area contributed by atoms with Gasteiger partial charge in [0.1, 0.15) is 5.82 Å². The number of fused-ring (bicyclic) bond motifs is 3. The number of rotatable bonds is 2. The molecule has 0 bridgehead atoms. The molecule has 0 saturated heterocycles. The lowest BCUT2D eigenvalue weighted by atomic mass is 10.0. The molecule has 98 valence electrons. The summed E-state index contributed by atoms with van der Waals surface area (Å²) in [5, 5.41) is 0. The molecule has 0 spiro atoms. The number of ether oxygens (including phenoxy) is 1. The van der Waals surface area contributed by atoms with Crippen molar-refractivity contribution in [1.29, 1.82) is 0 Å². The van der Waals surface area contributed by atoms with E-state index in [0.717, 1.165) is 30.8 Å². The minimum atomic E-state index is -0.347. The van der Waals surface area contributed by atoms with Crippen LogP contribution in [0.25, 0.3) is 11.4 Å². The standard InChI is InChI=1S/C15H16N2O2/c1-2-19-15(18)13-10-17-9-5-7-11-6-3-4-8-12(11)14(17)16-13/h3-4,6,8,10H,2,5,7,9H2,1H3. The number of imidazole rings is 1. The largest absolute Gasteiger partial charge is 0.461 e. The van der Waals surface area contributed by atoms with E-state index in [0.29, 0.717) is 12.3 Å². The van der Waals surface area contributed by atoms with Crippen LogP contribution in [0.3, 0.4) is 0 Å². The summed E-state index contributed by atoms with van der Waals surface area (Å²) in [4.78, 5) is 16.2. The normalized spacial score (nSPS) is 13.3. The van der Waals surface area contributed by atoms with E-state index in [1.807, 2.05) is 12.1 Å². The lowest BCUT2D eigenvalue weighted by molar-refractivity contribution is 0.0520. The Morgan fingerprint density at radius 2 is 2.26 bits per heavy atom. The van der Waals surface area contributed by atoms with Gasteiger partial charge < -0.3 is 9.30 Å². The van der Waals surface area contributed by atoms with Gasteiger partial charge in [-0.3, -0.25) is 0 Å². The van der Waals surface area contributed by atoms with Gasteiger partial charge in [-0.15, -0.1) is 0 Å². The van der Waals surface area contributed by atoms with Crippen LogP contribution in [0, 0.1) is 0 Å². The van der Waals surface area contributed by atoms with Gasteiger partial charge in [0.05, 0.1) is 6.61 Å². The molecule has 0 saturated carbocycles. The van der Waals surface area contributed by atoms with E-state index in [1.165, 1.54) is 5.56 Å². The van der Waals surface area contributed by atoms with Crippen molar-refractivity contribution in [3.8, 4) is 11.4 Å². The van der Waals surface area contributed by atoms with Gasteiger partial charge in [0, 0.05) is 18.3 Å². The highest BCUT2D eigenvalue weighted by Crippen LogP contribution is 2.27. The Morgan fingerprint density at radius 3 is 3.11 bits per heavy atom. The van der Waals surface area contributed by atoms with Crippen molar-refractivity contribution < 1.29 is 9.53 Å². The summed E-state index contributed by atoms with van der Waals surface area (Å²) in [6, 6.07) is 8.25. The van der Waals surface area contributed by atoms with Crippen LogP contribution in [0.1, 0.15) is 29.4 Å². The van der Waals surface area contributed by atoms with Crippen LogP contribution in [-0.4, -0.2) is 22.1 Å². The molecule has 3 rings (SSSR count). The Bertz CT molecular complexity index is 616. The molecule has 0 fully saturated rings. The Morgan fingerprint density at radius 1 is 1.42 bits per heavy atom. The molecule has 0 unspecified atom stereocenters. The summed E-state index contributed by atoms with van der Waals surface area (Å²) in [5.41, 5.74) is 2.81. The third-order valence-electron chi connectivity index (χ3n) is 3.36. The Kier molecular flexibility index (Phi) is 3.07. The van der Waals surface area contributed by atoms with Crippen molar-refractivity contribution in [1.82, 2.24) is 9.55 Å². The van der Waals surface area contributed by atoms with Gasteiger partial charge in [0.15, 0.2) is 5.69 Å². The zero-order valence-electron chi connectivity index (χ0n) is 10.9. The number of hydrogen-bond acceptors (Lipinski definition) is 3. The number of esters is 1. The second kappa shape index (κ2) is 4.88. The fraction of sp³-hybridized carbons (Fsp3) is 0.333. The highest BCUT2D eigenvalue weighted by atomic mass is 16.5. The van der Waals surface area contributed by atoms with Crippen LogP contribution in [-0.2, 0) is 17.7 Å². The number of hydrogen-bond donors (Lipinski definition) is 0. The SMILES string of the molecule is CCOC(=O)c1cn2c(n1)-c1ccccc1CCC2. The van der Waals surface area contributed by atoms with Crippen LogP contribution < -0.4 is 0 Å². The fourth-order valence-electron chi connectivity index (χ4n) is 2.50. The Labute approximate surface area is 112 Å². The molecular formula is C15H16N2O2. The maximum Gasteiger partial charge on any atom is 0.358 e. The number of nitrogens with zero attached hydrogens (tertiary/aromatic N) is 2. The third-order valence-corrected chi connectivity index (χ3v) is 3.36. The first kappa shape index (κ1) is 12.0. The number of aryl methyl sites for hydroxylation is 2. The average molecular weight is 256 g/mol. The van der Waals surface area contributed by atoms with E-state index in [9.17, 15) is 4.79 Å². The zero-order chi connectivity index (χ0) is 13.2. The van der Waals surface area contributed by atoms with Gasteiger partial charge in [-0.1, -0.05) is 24.3 Å². The van der Waals surface area contributed by atoms with Gasteiger partial charge in [0.2, 0.25) is 0 Å². The molecule has 1 aliphatic heterocycles. The minimum absolute atomic E-state index is 0.347. The van der Waals surface area contributed by atoms with Gasteiger partial charge in [-0.05, 0) is 25.3 Å². The number of benzene rings is 1. The third kappa shape index (κ3) is 2.14. The lowest BCUT2D eigenvalue weighted by Gasteiger charge is -2.04. The van der Waals surface area contributed by atoms with Crippen LogP contribution in [0.4, 0.5) is 0 Å². The van der Waals surface area contributed by atoms with E-state index in [1.54, 1.807) is 13.1 Å². The summed E-state index contributed by atoms with van der Waals surface area (Å²) >= 11 is 0. The van der Waals surface area contributed by atoms with Gasteiger partial charge >= 0.3 is 5.97 Å².